The Morgan fingerprint density at radius 1 is 1.26 bits per heavy atom. The molecule has 2 aliphatic heterocycles. The summed E-state index contributed by atoms with van der Waals surface area (Å²) in [5.41, 5.74) is 1.28. The lowest BCUT2D eigenvalue weighted by Crippen LogP contribution is -2.31. The van der Waals surface area contributed by atoms with Gasteiger partial charge in [-0.15, -0.1) is 0 Å². The molecule has 3 nitrogen and oxygen atoms in total. The number of hydrogen-bond donors (Lipinski definition) is 1. The summed E-state index contributed by atoms with van der Waals surface area (Å²) in [5.74, 6) is 4.29. The van der Waals surface area contributed by atoms with E-state index in [0.717, 1.165) is 31.1 Å². The summed E-state index contributed by atoms with van der Waals surface area (Å²) in [6.07, 6.45) is 2.23. The van der Waals surface area contributed by atoms with Crippen molar-refractivity contribution in [2.75, 3.05) is 24.7 Å². The lowest BCUT2D eigenvalue weighted by Gasteiger charge is -2.20. The number of fused-ring (bicyclic) bond motifs is 1. The Kier molecular flexibility index (Phi) is 4.18. The maximum atomic E-state index is 5.75. The van der Waals surface area contributed by atoms with Crippen molar-refractivity contribution in [1.29, 1.82) is 0 Å². The Balaban J connectivity index is 1.71. The van der Waals surface area contributed by atoms with Crippen LogP contribution in [0.15, 0.2) is 18.2 Å². The van der Waals surface area contributed by atoms with Crippen molar-refractivity contribution in [3.63, 3.8) is 0 Å². The van der Waals surface area contributed by atoms with Crippen LogP contribution in [-0.2, 0) is 0 Å². The topological polar surface area (TPSA) is 30.5 Å². The van der Waals surface area contributed by atoms with Crippen LogP contribution < -0.4 is 14.8 Å². The molecule has 2 heterocycles. The van der Waals surface area contributed by atoms with Gasteiger partial charge in [-0.3, -0.25) is 0 Å². The zero-order chi connectivity index (χ0) is 13.1. The number of hydrogen-bond acceptors (Lipinski definition) is 4. The standard InChI is InChI=1S/C15H21NO2S/c1-11(16-13-5-8-19-10-13)12-3-4-14-15(9-12)18-7-2-6-17-14/h3-4,9,11,13,16H,2,5-8,10H2,1H3. The van der Waals surface area contributed by atoms with Crippen LogP contribution in [0.2, 0.25) is 0 Å². The number of rotatable bonds is 3. The van der Waals surface area contributed by atoms with Gasteiger partial charge in [0.15, 0.2) is 11.5 Å². The molecule has 0 aromatic heterocycles. The molecule has 104 valence electrons. The highest BCUT2D eigenvalue weighted by Gasteiger charge is 2.19. The van der Waals surface area contributed by atoms with Crippen molar-refractivity contribution in [3.05, 3.63) is 23.8 Å². The molecule has 1 saturated heterocycles. The average Bonchev–Trinajstić information content (AvgIpc) is 2.81. The molecule has 4 heteroatoms. The fraction of sp³-hybridized carbons (Fsp3) is 0.600. The van der Waals surface area contributed by atoms with Crippen molar-refractivity contribution in [3.8, 4) is 11.5 Å². The molecule has 0 amide bonds. The smallest absolute Gasteiger partial charge is 0.161 e. The Morgan fingerprint density at radius 3 is 2.89 bits per heavy atom. The van der Waals surface area contributed by atoms with Gasteiger partial charge in [0, 0.05) is 24.3 Å². The Labute approximate surface area is 119 Å². The summed E-state index contributed by atoms with van der Waals surface area (Å²) >= 11 is 2.04. The van der Waals surface area contributed by atoms with E-state index in [4.69, 9.17) is 9.47 Å². The molecule has 3 rings (SSSR count). The van der Waals surface area contributed by atoms with E-state index in [9.17, 15) is 0 Å². The van der Waals surface area contributed by atoms with Gasteiger partial charge in [-0.1, -0.05) is 6.07 Å². The SMILES string of the molecule is CC(NC1CCSC1)c1ccc2c(c1)OCCCO2. The molecule has 19 heavy (non-hydrogen) atoms. The van der Waals surface area contributed by atoms with E-state index in [-0.39, 0.29) is 0 Å². The third-order valence-corrected chi connectivity index (χ3v) is 4.85. The van der Waals surface area contributed by atoms with Crippen LogP contribution in [0.25, 0.3) is 0 Å². The predicted molar refractivity (Wildman–Crippen MR) is 79.3 cm³/mol. The number of benzene rings is 1. The number of thioether (sulfide) groups is 1. The van der Waals surface area contributed by atoms with Gasteiger partial charge in [0.1, 0.15) is 0 Å². The third-order valence-electron chi connectivity index (χ3n) is 3.69. The molecule has 1 N–H and O–H groups in total. The molecule has 1 aromatic rings. The highest BCUT2D eigenvalue weighted by atomic mass is 32.2. The first kappa shape index (κ1) is 13.1. The van der Waals surface area contributed by atoms with Crippen molar-refractivity contribution in [2.24, 2.45) is 0 Å². The van der Waals surface area contributed by atoms with E-state index in [1.165, 1.54) is 23.5 Å². The molecule has 2 unspecified atom stereocenters. The van der Waals surface area contributed by atoms with Gasteiger partial charge in [-0.05, 0) is 36.8 Å². The summed E-state index contributed by atoms with van der Waals surface area (Å²) in [6.45, 7) is 3.72. The van der Waals surface area contributed by atoms with Gasteiger partial charge in [-0.25, -0.2) is 0 Å². The van der Waals surface area contributed by atoms with Crippen LogP contribution in [0.3, 0.4) is 0 Å². The molecule has 0 radical (unpaired) electrons. The predicted octanol–water partition coefficient (Wildman–Crippen LogP) is 3.00. The molecule has 2 atom stereocenters. The van der Waals surface area contributed by atoms with Crippen molar-refractivity contribution in [1.82, 2.24) is 5.32 Å². The van der Waals surface area contributed by atoms with E-state index >= 15 is 0 Å². The Bertz CT molecular complexity index is 432. The van der Waals surface area contributed by atoms with Crippen molar-refractivity contribution >= 4 is 11.8 Å². The van der Waals surface area contributed by atoms with Crippen LogP contribution in [0.4, 0.5) is 0 Å². The van der Waals surface area contributed by atoms with Gasteiger partial charge >= 0.3 is 0 Å². The monoisotopic (exact) mass is 279 g/mol. The molecule has 0 bridgehead atoms. The van der Waals surface area contributed by atoms with Crippen LogP contribution in [0.5, 0.6) is 11.5 Å². The Hall–Kier alpha value is -0.870. The lowest BCUT2D eigenvalue weighted by atomic mass is 10.1. The van der Waals surface area contributed by atoms with E-state index < -0.39 is 0 Å². The summed E-state index contributed by atoms with van der Waals surface area (Å²) in [5, 5.41) is 3.70. The van der Waals surface area contributed by atoms with Gasteiger partial charge in [0.05, 0.1) is 13.2 Å². The summed E-state index contributed by atoms with van der Waals surface area (Å²) in [6, 6.07) is 7.32. The first-order valence-corrected chi connectivity index (χ1v) is 8.22. The normalized spacial score (nSPS) is 23.9. The summed E-state index contributed by atoms with van der Waals surface area (Å²) < 4.78 is 11.4. The van der Waals surface area contributed by atoms with E-state index in [1.54, 1.807) is 0 Å². The molecular weight excluding hydrogens is 258 g/mol. The molecule has 0 spiro atoms. The van der Waals surface area contributed by atoms with E-state index in [2.05, 4.69) is 24.4 Å². The second-order valence-corrected chi connectivity index (χ2v) is 6.36. The third kappa shape index (κ3) is 3.18. The second-order valence-electron chi connectivity index (χ2n) is 5.21. The van der Waals surface area contributed by atoms with Crippen LogP contribution in [0.1, 0.15) is 31.4 Å². The quantitative estimate of drug-likeness (QED) is 0.921. The summed E-state index contributed by atoms with van der Waals surface area (Å²) in [7, 11) is 0. The fourth-order valence-corrected chi connectivity index (χ4v) is 3.73. The molecule has 1 fully saturated rings. The molecule has 0 aliphatic carbocycles. The van der Waals surface area contributed by atoms with Gasteiger partial charge < -0.3 is 14.8 Å². The lowest BCUT2D eigenvalue weighted by molar-refractivity contribution is 0.297. The molecule has 1 aromatic carbocycles. The zero-order valence-corrected chi connectivity index (χ0v) is 12.2. The molecule has 2 aliphatic rings. The second kappa shape index (κ2) is 6.06. The molecular formula is C15H21NO2S. The minimum atomic E-state index is 0.362. The van der Waals surface area contributed by atoms with Crippen molar-refractivity contribution in [2.45, 2.75) is 31.8 Å². The Morgan fingerprint density at radius 2 is 2.11 bits per heavy atom. The van der Waals surface area contributed by atoms with Crippen LogP contribution in [0, 0.1) is 0 Å². The minimum absolute atomic E-state index is 0.362. The molecule has 0 saturated carbocycles. The number of ether oxygens (including phenoxy) is 2. The van der Waals surface area contributed by atoms with Gasteiger partial charge in [0.25, 0.3) is 0 Å². The largest absolute Gasteiger partial charge is 0.490 e. The number of nitrogens with one attached hydrogen (secondary N) is 1. The highest BCUT2D eigenvalue weighted by molar-refractivity contribution is 7.99. The van der Waals surface area contributed by atoms with Crippen molar-refractivity contribution < 1.29 is 9.47 Å². The zero-order valence-electron chi connectivity index (χ0n) is 11.4. The highest BCUT2D eigenvalue weighted by Crippen LogP contribution is 2.32. The fourth-order valence-electron chi connectivity index (χ4n) is 2.56. The van der Waals surface area contributed by atoms with E-state index in [0.29, 0.717) is 12.1 Å². The van der Waals surface area contributed by atoms with E-state index in [1.807, 2.05) is 17.8 Å². The van der Waals surface area contributed by atoms with Crippen LogP contribution in [-0.4, -0.2) is 30.8 Å². The van der Waals surface area contributed by atoms with Gasteiger partial charge in [0.2, 0.25) is 0 Å². The summed E-state index contributed by atoms with van der Waals surface area (Å²) in [4.78, 5) is 0. The maximum Gasteiger partial charge on any atom is 0.161 e. The minimum Gasteiger partial charge on any atom is -0.490 e. The first-order valence-electron chi connectivity index (χ1n) is 7.06. The average molecular weight is 279 g/mol. The maximum absolute atomic E-state index is 5.75. The van der Waals surface area contributed by atoms with Crippen LogP contribution >= 0.6 is 11.8 Å². The first-order chi connectivity index (χ1) is 9.33. The van der Waals surface area contributed by atoms with Gasteiger partial charge in [-0.2, -0.15) is 11.8 Å².